The average molecular weight is 299 g/mol. The molecule has 1 fully saturated rings. The number of benzene rings is 1. The summed E-state index contributed by atoms with van der Waals surface area (Å²) < 4.78 is 26.6. The Morgan fingerprint density at radius 1 is 1.30 bits per heavy atom. The molecule has 20 heavy (non-hydrogen) atoms. The third kappa shape index (κ3) is 3.33. The van der Waals surface area contributed by atoms with Crippen molar-refractivity contribution in [3.63, 3.8) is 0 Å². The molecule has 8 heteroatoms. The highest BCUT2D eigenvalue weighted by Crippen LogP contribution is 2.24. The lowest BCUT2D eigenvalue weighted by Gasteiger charge is -2.15. The van der Waals surface area contributed by atoms with Gasteiger partial charge in [0.25, 0.3) is 5.69 Å². The van der Waals surface area contributed by atoms with E-state index in [2.05, 4.69) is 4.72 Å². The summed E-state index contributed by atoms with van der Waals surface area (Å²) in [6.45, 7) is 0.306. The fourth-order valence-electron chi connectivity index (χ4n) is 2.37. The third-order valence-electron chi connectivity index (χ3n) is 3.61. The van der Waals surface area contributed by atoms with Gasteiger partial charge < -0.3 is 5.73 Å². The molecular formula is C12H17N3O4S. The summed E-state index contributed by atoms with van der Waals surface area (Å²) in [5, 5.41) is 10.5. The number of nitrogens with zero attached hydrogens (tertiary/aromatic N) is 1. The Morgan fingerprint density at radius 3 is 2.45 bits per heavy atom. The first-order valence-corrected chi connectivity index (χ1v) is 7.88. The average Bonchev–Trinajstić information content (AvgIpc) is 2.82. The first-order chi connectivity index (χ1) is 9.40. The van der Waals surface area contributed by atoms with Gasteiger partial charge in [-0.05, 0) is 30.9 Å². The number of sulfonamides is 1. The molecule has 1 aromatic rings. The van der Waals surface area contributed by atoms with Crippen LogP contribution in [0.5, 0.6) is 0 Å². The van der Waals surface area contributed by atoms with Crippen LogP contribution >= 0.6 is 0 Å². The molecule has 1 aliphatic rings. The Morgan fingerprint density at radius 2 is 1.95 bits per heavy atom. The Hall–Kier alpha value is -1.51. The molecule has 0 heterocycles. The van der Waals surface area contributed by atoms with E-state index < -0.39 is 14.9 Å². The topological polar surface area (TPSA) is 115 Å². The summed E-state index contributed by atoms with van der Waals surface area (Å²) in [5.41, 5.74) is 5.75. The van der Waals surface area contributed by atoms with Crippen molar-refractivity contribution in [2.75, 3.05) is 6.54 Å². The van der Waals surface area contributed by atoms with Gasteiger partial charge in [-0.2, -0.15) is 0 Å². The monoisotopic (exact) mass is 299 g/mol. The second-order valence-corrected chi connectivity index (χ2v) is 6.72. The summed E-state index contributed by atoms with van der Waals surface area (Å²) in [6, 6.07) is 4.85. The number of hydrogen-bond donors (Lipinski definition) is 2. The molecular weight excluding hydrogens is 282 g/mol. The standard InChI is InChI=1S/C12H17N3O4S/c13-12-3-1-2-9(12)8-14-20(18,19)11-6-4-10(5-7-11)15(16)17/h4-7,9,12,14H,1-3,8,13H2. The lowest BCUT2D eigenvalue weighted by molar-refractivity contribution is -0.384. The second-order valence-electron chi connectivity index (χ2n) is 4.96. The van der Waals surface area contributed by atoms with Crippen LogP contribution < -0.4 is 10.5 Å². The van der Waals surface area contributed by atoms with Crippen LogP contribution in [0, 0.1) is 16.0 Å². The van der Waals surface area contributed by atoms with Crippen molar-refractivity contribution in [2.24, 2.45) is 11.7 Å². The number of hydrogen-bond acceptors (Lipinski definition) is 5. The fourth-order valence-corrected chi connectivity index (χ4v) is 3.46. The first kappa shape index (κ1) is 14.9. The van der Waals surface area contributed by atoms with E-state index in [-0.39, 0.29) is 22.5 Å². The predicted molar refractivity (Wildman–Crippen MR) is 73.6 cm³/mol. The van der Waals surface area contributed by atoms with Crippen molar-refractivity contribution < 1.29 is 13.3 Å². The number of nitro benzene ring substituents is 1. The zero-order valence-corrected chi connectivity index (χ0v) is 11.7. The van der Waals surface area contributed by atoms with Gasteiger partial charge in [-0.1, -0.05) is 6.42 Å². The van der Waals surface area contributed by atoms with E-state index in [0.717, 1.165) is 19.3 Å². The maximum absolute atomic E-state index is 12.1. The molecule has 3 N–H and O–H groups in total. The number of nitrogens with two attached hydrogens (primary N) is 1. The van der Waals surface area contributed by atoms with Crippen LogP contribution in [0.3, 0.4) is 0 Å². The molecule has 0 aliphatic heterocycles. The summed E-state index contributed by atoms with van der Waals surface area (Å²) in [7, 11) is -3.64. The lowest BCUT2D eigenvalue weighted by atomic mass is 10.1. The Kier molecular flexibility index (Phi) is 4.36. The summed E-state index contributed by atoms with van der Waals surface area (Å²) in [5.74, 6) is 0.155. The van der Waals surface area contributed by atoms with Gasteiger partial charge in [-0.25, -0.2) is 13.1 Å². The van der Waals surface area contributed by atoms with E-state index in [1.165, 1.54) is 24.3 Å². The van der Waals surface area contributed by atoms with E-state index in [9.17, 15) is 18.5 Å². The third-order valence-corrected chi connectivity index (χ3v) is 5.05. The molecule has 0 radical (unpaired) electrons. The molecule has 0 aromatic heterocycles. The Bertz CT molecular complexity index is 585. The minimum Gasteiger partial charge on any atom is -0.327 e. The van der Waals surface area contributed by atoms with Gasteiger partial charge in [-0.15, -0.1) is 0 Å². The summed E-state index contributed by atoms with van der Waals surface area (Å²) in [4.78, 5) is 9.98. The van der Waals surface area contributed by atoms with Gasteiger partial charge in [0.05, 0.1) is 9.82 Å². The van der Waals surface area contributed by atoms with Crippen LogP contribution in [-0.2, 0) is 10.0 Å². The maximum Gasteiger partial charge on any atom is 0.269 e. The van der Waals surface area contributed by atoms with Crippen LogP contribution in [-0.4, -0.2) is 25.9 Å². The highest BCUT2D eigenvalue weighted by Gasteiger charge is 2.25. The van der Waals surface area contributed by atoms with Gasteiger partial charge in [0.1, 0.15) is 0 Å². The summed E-state index contributed by atoms with van der Waals surface area (Å²) >= 11 is 0. The summed E-state index contributed by atoms with van der Waals surface area (Å²) in [6.07, 6.45) is 2.86. The van der Waals surface area contributed by atoms with Crippen molar-refractivity contribution in [1.29, 1.82) is 0 Å². The number of nitro groups is 1. The molecule has 0 bridgehead atoms. The number of non-ortho nitro benzene ring substituents is 1. The fraction of sp³-hybridized carbons (Fsp3) is 0.500. The van der Waals surface area contributed by atoms with Gasteiger partial charge in [0, 0.05) is 24.7 Å². The van der Waals surface area contributed by atoms with E-state index in [1.54, 1.807) is 0 Å². The number of nitrogens with one attached hydrogen (secondary N) is 1. The Balaban J connectivity index is 2.04. The molecule has 2 atom stereocenters. The van der Waals surface area contributed by atoms with Gasteiger partial charge in [0.15, 0.2) is 0 Å². The van der Waals surface area contributed by atoms with E-state index in [1.807, 2.05) is 0 Å². The molecule has 1 aromatic carbocycles. The second kappa shape index (κ2) is 5.86. The highest BCUT2D eigenvalue weighted by atomic mass is 32.2. The van der Waals surface area contributed by atoms with Crippen molar-refractivity contribution in [3.05, 3.63) is 34.4 Å². The van der Waals surface area contributed by atoms with Gasteiger partial charge in [-0.3, -0.25) is 10.1 Å². The Labute approximate surface area is 117 Å². The molecule has 1 aliphatic carbocycles. The van der Waals surface area contributed by atoms with E-state index in [4.69, 9.17) is 5.73 Å². The molecule has 7 nitrogen and oxygen atoms in total. The zero-order valence-electron chi connectivity index (χ0n) is 10.9. The minimum absolute atomic E-state index is 0.0228. The van der Waals surface area contributed by atoms with Crippen molar-refractivity contribution >= 4 is 15.7 Å². The highest BCUT2D eigenvalue weighted by molar-refractivity contribution is 7.89. The molecule has 1 saturated carbocycles. The van der Waals surface area contributed by atoms with Crippen molar-refractivity contribution in [3.8, 4) is 0 Å². The lowest BCUT2D eigenvalue weighted by Crippen LogP contribution is -2.35. The first-order valence-electron chi connectivity index (χ1n) is 6.40. The quantitative estimate of drug-likeness (QED) is 0.621. The van der Waals surface area contributed by atoms with Crippen molar-refractivity contribution in [1.82, 2.24) is 4.72 Å². The maximum atomic E-state index is 12.1. The van der Waals surface area contributed by atoms with Crippen LogP contribution in [0.1, 0.15) is 19.3 Å². The molecule has 110 valence electrons. The normalized spacial score (nSPS) is 22.9. The largest absolute Gasteiger partial charge is 0.327 e. The molecule has 0 saturated heterocycles. The number of rotatable bonds is 5. The van der Waals surface area contributed by atoms with Crippen molar-refractivity contribution in [2.45, 2.75) is 30.2 Å². The molecule has 0 amide bonds. The van der Waals surface area contributed by atoms with E-state index in [0.29, 0.717) is 6.54 Å². The zero-order chi connectivity index (χ0) is 14.8. The van der Waals surface area contributed by atoms with E-state index >= 15 is 0 Å². The molecule has 0 spiro atoms. The van der Waals surface area contributed by atoms with Crippen LogP contribution in [0.25, 0.3) is 0 Å². The SMILES string of the molecule is NC1CCCC1CNS(=O)(=O)c1ccc([N+](=O)[O-])cc1. The molecule has 2 unspecified atom stereocenters. The van der Waals surface area contributed by atoms with Gasteiger partial charge in [0.2, 0.25) is 10.0 Å². The van der Waals surface area contributed by atoms with Crippen LogP contribution in [0.2, 0.25) is 0 Å². The van der Waals surface area contributed by atoms with Crippen LogP contribution in [0.4, 0.5) is 5.69 Å². The van der Waals surface area contributed by atoms with Gasteiger partial charge >= 0.3 is 0 Å². The molecule has 2 rings (SSSR count). The predicted octanol–water partition coefficient (Wildman–Crippen LogP) is 1.00. The van der Waals surface area contributed by atoms with Crippen LogP contribution in [0.15, 0.2) is 29.2 Å². The smallest absolute Gasteiger partial charge is 0.269 e. The minimum atomic E-state index is -3.64.